The van der Waals surface area contributed by atoms with Gasteiger partial charge in [0.2, 0.25) is 0 Å². The van der Waals surface area contributed by atoms with Crippen LogP contribution in [-0.4, -0.2) is 0 Å². The average molecular weight is 263 g/mol. The van der Waals surface area contributed by atoms with Crippen molar-refractivity contribution in [3.05, 3.63) is 47.8 Å². The zero-order valence-corrected chi connectivity index (χ0v) is 10.6. The number of anilines is 1. The Morgan fingerprint density at radius 2 is 1.82 bits per heavy atom. The Hall–Kier alpha value is -1.58. The number of fused-ring (bicyclic) bond motifs is 2. The topological polar surface area (TPSA) is 51.6 Å². The van der Waals surface area contributed by atoms with Gasteiger partial charge in [-0.15, -0.1) is 11.3 Å². The van der Waals surface area contributed by atoms with Crippen LogP contribution in [0, 0.1) is 0 Å². The van der Waals surface area contributed by atoms with Crippen molar-refractivity contribution in [1.82, 2.24) is 0 Å². The molecule has 1 aromatic rings. The SMILES string of the molecule is Nc1ccc2cc3ccc(=[NH2+])cc-3sc2c1.[Cl-]. The van der Waals surface area contributed by atoms with E-state index in [1.165, 1.54) is 20.5 Å². The van der Waals surface area contributed by atoms with Crippen LogP contribution in [0.15, 0.2) is 42.5 Å². The average Bonchev–Trinajstić information content (AvgIpc) is 2.26. The van der Waals surface area contributed by atoms with Crippen LogP contribution in [0.3, 0.4) is 0 Å². The smallest absolute Gasteiger partial charge is 0.198 e. The highest BCUT2D eigenvalue weighted by molar-refractivity contribution is 7.21. The fraction of sp³-hybridized carbons (Fsp3) is 0. The summed E-state index contributed by atoms with van der Waals surface area (Å²) in [5, 5.41) is 7.80. The van der Waals surface area contributed by atoms with E-state index in [2.05, 4.69) is 18.2 Å². The standard InChI is InChI=1S/C13H10N2S.ClH/c14-10-3-1-8-5-9-2-4-11(15)7-13(9)16-12(8)6-10;/h1-7,14H,15H2;1H. The Morgan fingerprint density at radius 3 is 2.65 bits per heavy atom. The number of halogens is 1. The van der Waals surface area contributed by atoms with Gasteiger partial charge in [0.05, 0.1) is 0 Å². The molecule has 0 unspecified atom stereocenters. The highest BCUT2D eigenvalue weighted by Gasteiger charge is 2.05. The fourth-order valence-corrected chi connectivity index (χ4v) is 2.92. The van der Waals surface area contributed by atoms with E-state index in [4.69, 9.17) is 11.1 Å². The van der Waals surface area contributed by atoms with Crippen LogP contribution in [0.5, 0.6) is 0 Å². The van der Waals surface area contributed by atoms with E-state index >= 15 is 0 Å². The summed E-state index contributed by atoms with van der Waals surface area (Å²) in [6, 6.07) is 14.1. The number of hydrogen-bond donors (Lipinski definition) is 2. The molecule has 1 aliphatic heterocycles. The van der Waals surface area contributed by atoms with Gasteiger partial charge in [-0.1, -0.05) is 6.07 Å². The Labute approximate surface area is 109 Å². The molecule has 0 saturated heterocycles. The van der Waals surface area contributed by atoms with Crippen LogP contribution in [0.2, 0.25) is 0 Å². The molecule has 0 spiro atoms. The zero-order valence-electron chi connectivity index (χ0n) is 8.98. The maximum atomic E-state index is 5.78. The minimum Gasteiger partial charge on any atom is -1.00 e. The molecule has 1 heterocycles. The van der Waals surface area contributed by atoms with Crippen molar-refractivity contribution in [1.29, 1.82) is 0 Å². The summed E-state index contributed by atoms with van der Waals surface area (Å²) < 4.78 is 1.19. The summed E-state index contributed by atoms with van der Waals surface area (Å²) in [7, 11) is 0. The van der Waals surface area contributed by atoms with Gasteiger partial charge in [0, 0.05) is 27.4 Å². The van der Waals surface area contributed by atoms with Crippen molar-refractivity contribution in [2.45, 2.75) is 0 Å². The number of hydrogen-bond acceptors (Lipinski definition) is 2. The van der Waals surface area contributed by atoms with Crippen LogP contribution in [0.25, 0.3) is 20.5 Å². The van der Waals surface area contributed by atoms with E-state index in [-0.39, 0.29) is 12.4 Å². The normalized spacial score (nSPS) is 10.4. The maximum absolute atomic E-state index is 5.78. The first-order chi connectivity index (χ1) is 7.72. The van der Waals surface area contributed by atoms with Gasteiger partial charge in [-0.25, -0.2) is 0 Å². The molecule has 4 N–H and O–H groups in total. The van der Waals surface area contributed by atoms with Crippen LogP contribution >= 0.6 is 11.3 Å². The van der Waals surface area contributed by atoms with Gasteiger partial charge in [-0.3, -0.25) is 5.41 Å². The lowest BCUT2D eigenvalue weighted by molar-refractivity contribution is -0.172. The number of rotatable bonds is 0. The number of nitrogens with two attached hydrogens (primary N) is 2. The van der Waals surface area contributed by atoms with Gasteiger partial charge < -0.3 is 18.1 Å². The van der Waals surface area contributed by atoms with Crippen molar-refractivity contribution in [2.75, 3.05) is 5.73 Å². The summed E-state index contributed by atoms with van der Waals surface area (Å²) in [6.07, 6.45) is 0. The maximum Gasteiger partial charge on any atom is 0.198 e. The Balaban J connectivity index is 0.00000108. The summed E-state index contributed by atoms with van der Waals surface area (Å²) >= 11 is 1.72. The van der Waals surface area contributed by atoms with E-state index < -0.39 is 0 Å². The Morgan fingerprint density at radius 1 is 1.00 bits per heavy atom. The molecule has 1 aliphatic carbocycles. The van der Waals surface area contributed by atoms with Crippen molar-refractivity contribution in [2.24, 2.45) is 0 Å². The molecule has 86 valence electrons. The highest BCUT2D eigenvalue weighted by atomic mass is 35.5. The van der Waals surface area contributed by atoms with Gasteiger partial charge in [0.15, 0.2) is 5.36 Å². The van der Waals surface area contributed by atoms with Gasteiger partial charge >= 0.3 is 0 Å². The third kappa shape index (κ3) is 2.12. The molecular weight excluding hydrogens is 252 g/mol. The van der Waals surface area contributed by atoms with Crippen molar-refractivity contribution >= 4 is 27.1 Å². The minimum absolute atomic E-state index is 0. The molecule has 3 rings (SSSR count). The molecule has 4 heteroatoms. The lowest BCUT2D eigenvalue weighted by Crippen LogP contribution is -3.00. The van der Waals surface area contributed by atoms with Gasteiger partial charge in [-0.05, 0) is 35.2 Å². The summed E-state index contributed by atoms with van der Waals surface area (Å²) in [6.45, 7) is 0. The molecule has 1 aromatic carbocycles. The number of benzene rings is 2. The zero-order chi connectivity index (χ0) is 11.1. The van der Waals surface area contributed by atoms with Gasteiger partial charge in [-0.2, -0.15) is 0 Å². The first kappa shape index (κ1) is 11.9. The monoisotopic (exact) mass is 262 g/mol. The molecule has 0 radical (unpaired) electrons. The molecule has 0 saturated carbocycles. The van der Waals surface area contributed by atoms with Crippen molar-refractivity contribution in [3.8, 4) is 10.4 Å². The highest BCUT2D eigenvalue weighted by Crippen LogP contribution is 2.32. The summed E-state index contributed by atoms with van der Waals surface area (Å²) in [5.41, 5.74) is 7.80. The molecule has 0 fully saturated rings. The lowest BCUT2D eigenvalue weighted by Gasteiger charge is -2.06. The summed E-state index contributed by atoms with van der Waals surface area (Å²) in [5.74, 6) is 0. The molecular formula is C13H11ClN2S. The second kappa shape index (κ2) is 4.35. The van der Waals surface area contributed by atoms with E-state index in [0.29, 0.717) is 0 Å². The van der Waals surface area contributed by atoms with Gasteiger partial charge in [0.25, 0.3) is 0 Å². The van der Waals surface area contributed by atoms with E-state index in [9.17, 15) is 0 Å². The van der Waals surface area contributed by atoms with Crippen LogP contribution < -0.4 is 28.9 Å². The molecule has 0 atom stereocenters. The first-order valence-corrected chi connectivity index (χ1v) is 5.86. The molecule has 2 aliphatic rings. The second-order valence-electron chi connectivity index (χ2n) is 3.84. The molecule has 0 aromatic heterocycles. The van der Waals surface area contributed by atoms with Crippen molar-refractivity contribution in [3.63, 3.8) is 0 Å². The molecule has 2 nitrogen and oxygen atoms in total. The predicted molar refractivity (Wildman–Crippen MR) is 67.9 cm³/mol. The second-order valence-corrected chi connectivity index (χ2v) is 4.92. The quantitative estimate of drug-likeness (QED) is 0.367. The summed E-state index contributed by atoms with van der Waals surface area (Å²) in [4.78, 5) is 1.19. The minimum atomic E-state index is 0. The number of nitrogen functional groups attached to an aromatic ring is 1. The van der Waals surface area contributed by atoms with E-state index in [0.717, 1.165) is 11.0 Å². The first-order valence-electron chi connectivity index (χ1n) is 5.04. The molecule has 0 bridgehead atoms. The van der Waals surface area contributed by atoms with Crippen molar-refractivity contribution < 1.29 is 17.8 Å². The lowest BCUT2D eigenvalue weighted by atomic mass is 10.1. The van der Waals surface area contributed by atoms with Crippen LogP contribution in [0.1, 0.15) is 0 Å². The van der Waals surface area contributed by atoms with E-state index in [1.807, 2.05) is 24.3 Å². The largest absolute Gasteiger partial charge is 1.00 e. The Bertz CT molecular complexity index is 705. The van der Waals surface area contributed by atoms with Gasteiger partial charge in [0.1, 0.15) is 0 Å². The Kier molecular flexibility index (Phi) is 3.05. The molecule has 17 heavy (non-hydrogen) atoms. The van der Waals surface area contributed by atoms with Crippen LogP contribution in [-0.2, 0) is 0 Å². The fourth-order valence-electron chi connectivity index (χ4n) is 1.80. The third-order valence-electron chi connectivity index (χ3n) is 2.61. The third-order valence-corrected chi connectivity index (χ3v) is 3.75. The molecule has 0 amide bonds. The van der Waals surface area contributed by atoms with Crippen LogP contribution in [0.4, 0.5) is 5.69 Å². The van der Waals surface area contributed by atoms with E-state index in [1.54, 1.807) is 11.3 Å². The predicted octanol–water partition coefficient (Wildman–Crippen LogP) is -1.75.